The molecule has 0 saturated carbocycles. The Balaban J connectivity index is 1.86. The summed E-state index contributed by atoms with van der Waals surface area (Å²) in [5.41, 5.74) is 1.43. The van der Waals surface area contributed by atoms with E-state index in [1.54, 1.807) is 5.30 Å². The van der Waals surface area contributed by atoms with Crippen LogP contribution in [0, 0.1) is 6.92 Å². The summed E-state index contributed by atoms with van der Waals surface area (Å²) in [7, 11) is 0.741. The summed E-state index contributed by atoms with van der Waals surface area (Å²) in [6.45, 7) is 4.48. The molecule has 2 heteroatoms. The number of aromatic nitrogens is 1. The van der Waals surface area contributed by atoms with E-state index in [0.717, 1.165) is 8.35 Å². The molecule has 0 fully saturated rings. The minimum Gasteiger partial charge on any atom is -0.248 e. The minimum atomic E-state index is 0.741. The molecular weight excluding hydrogens is 225 g/mol. The molecular formula is C15H28NP. The fourth-order valence-corrected chi connectivity index (χ4v) is 3.18. The number of rotatable bonds is 10. The standard InChI is InChI=1S/C15H28NP/c1-3-4-5-6-7-8-9-10-11-12-15-14(2)13-16-17-15/h13,17H,3-12H2,1-2H3. The highest BCUT2D eigenvalue weighted by Crippen LogP contribution is 2.20. The SMILES string of the molecule is CCCCCCCCCCCc1[pH]ncc1C. The number of unbranched alkanes of at least 4 members (excludes halogenated alkanes) is 8. The number of hydrogen-bond acceptors (Lipinski definition) is 1. The van der Waals surface area contributed by atoms with Gasteiger partial charge in [-0.15, -0.1) is 0 Å². The number of nitrogens with zero attached hydrogens (tertiary/aromatic N) is 1. The molecule has 0 aliphatic rings. The lowest BCUT2D eigenvalue weighted by Crippen LogP contribution is -1.85. The lowest BCUT2D eigenvalue weighted by Gasteiger charge is -2.02. The summed E-state index contributed by atoms with van der Waals surface area (Å²) in [5.74, 6) is 0. The van der Waals surface area contributed by atoms with Gasteiger partial charge in [-0.2, -0.15) is 0 Å². The quantitative estimate of drug-likeness (QED) is 0.502. The van der Waals surface area contributed by atoms with E-state index in [2.05, 4.69) is 18.6 Å². The third-order valence-electron chi connectivity index (χ3n) is 3.46. The Morgan fingerprint density at radius 2 is 1.53 bits per heavy atom. The van der Waals surface area contributed by atoms with Crippen molar-refractivity contribution in [2.75, 3.05) is 0 Å². The van der Waals surface area contributed by atoms with Gasteiger partial charge in [-0.1, -0.05) is 58.3 Å². The van der Waals surface area contributed by atoms with Gasteiger partial charge in [-0.3, -0.25) is 0 Å². The van der Waals surface area contributed by atoms with Crippen molar-refractivity contribution in [2.45, 2.75) is 78.1 Å². The molecule has 0 bridgehead atoms. The second kappa shape index (κ2) is 9.71. The van der Waals surface area contributed by atoms with Crippen molar-refractivity contribution >= 4 is 8.35 Å². The van der Waals surface area contributed by atoms with E-state index in [-0.39, 0.29) is 0 Å². The van der Waals surface area contributed by atoms with Crippen LogP contribution in [0.15, 0.2) is 6.20 Å². The Morgan fingerprint density at radius 3 is 2.06 bits per heavy atom. The third-order valence-corrected chi connectivity index (χ3v) is 4.64. The van der Waals surface area contributed by atoms with Crippen LogP contribution in [-0.4, -0.2) is 4.75 Å². The molecule has 1 unspecified atom stereocenters. The van der Waals surface area contributed by atoms with E-state index in [4.69, 9.17) is 0 Å². The van der Waals surface area contributed by atoms with Crippen LogP contribution in [0.2, 0.25) is 0 Å². The van der Waals surface area contributed by atoms with Gasteiger partial charge < -0.3 is 0 Å². The molecule has 1 aromatic rings. The van der Waals surface area contributed by atoms with Gasteiger partial charge in [0, 0.05) is 6.20 Å². The maximum Gasteiger partial charge on any atom is 0.0342 e. The van der Waals surface area contributed by atoms with Gasteiger partial charge in [0.05, 0.1) is 0 Å². The fourth-order valence-electron chi connectivity index (χ4n) is 2.24. The van der Waals surface area contributed by atoms with Crippen molar-refractivity contribution in [1.29, 1.82) is 0 Å². The zero-order valence-electron chi connectivity index (χ0n) is 11.6. The summed E-state index contributed by atoms with van der Waals surface area (Å²) in [5, 5.41) is 1.60. The molecule has 98 valence electrons. The van der Waals surface area contributed by atoms with Gasteiger partial charge in [0.15, 0.2) is 0 Å². The van der Waals surface area contributed by atoms with Gasteiger partial charge in [0.1, 0.15) is 0 Å². The Hall–Kier alpha value is -0.290. The summed E-state index contributed by atoms with van der Waals surface area (Å²) in [6.07, 6.45) is 16.1. The number of hydrogen-bond donors (Lipinski definition) is 0. The van der Waals surface area contributed by atoms with Crippen LogP contribution in [0.1, 0.15) is 75.6 Å². The van der Waals surface area contributed by atoms with Gasteiger partial charge in [0.25, 0.3) is 0 Å². The van der Waals surface area contributed by atoms with E-state index in [9.17, 15) is 0 Å². The lowest BCUT2D eigenvalue weighted by atomic mass is 10.1. The second-order valence-corrected chi connectivity index (χ2v) is 6.20. The molecule has 0 aliphatic carbocycles. The van der Waals surface area contributed by atoms with Crippen molar-refractivity contribution in [3.63, 3.8) is 0 Å². The van der Waals surface area contributed by atoms with E-state index in [1.807, 2.05) is 6.20 Å². The summed E-state index contributed by atoms with van der Waals surface area (Å²) < 4.78 is 4.33. The molecule has 0 N–H and O–H groups in total. The van der Waals surface area contributed by atoms with Crippen LogP contribution in [0.3, 0.4) is 0 Å². The first-order valence-electron chi connectivity index (χ1n) is 7.33. The maximum atomic E-state index is 4.33. The molecule has 0 aromatic carbocycles. The highest BCUT2D eigenvalue weighted by atomic mass is 31.0. The Labute approximate surface area is 109 Å². The number of aryl methyl sites for hydroxylation is 2. The van der Waals surface area contributed by atoms with Crippen molar-refractivity contribution in [1.82, 2.24) is 4.75 Å². The van der Waals surface area contributed by atoms with E-state index < -0.39 is 0 Å². The smallest absolute Gasteiger partial charge is 0.0342 e. The molecule has 0 radical (unpaired) electrons. The van der Waals surface area contributed by atoms with Crippen LogP contribution in [0.5, 0.6) is 0 Å². The molecule has 0 spiro atoms. The highest BCUT2D eigenvalue weighted by molar-refractivity contribution is 7.26. The second-order valence-electron chi connectivity index (χ2n) is 5.11. The topological polar surface area (TPSA) is 12.9 Å². The van der Waals surface area contributed by atoms with E-state index in [0.29, 0.717) is 0 Å². The van der Waals surface area contributed by atoms with Crippen LogP contribution < -0.4 is 0 Å². The normalized spacial score (nSPS) is 11.4. The van der Waals surface area contributed by atoms with Crippen molar-refractivity contribution in [3.8, 4) is 0 Å². The Bertz CT molecular complexity index is 280. The van der Waals surface area contributed by atoms with Crippen molar-refractivity contribution in [2.24, 2.45) is 0 Å². The monoisotopic (exact) mass is 253 g/mol. The molecule has 1 rings (SSSR count). The molecule has 0 aliphatic heterocycles. The third kappa shape index (κ3) is 6.88. The van der Waals surface area contributed by atoms with Crippen LogP contribution >= 0.6 is 8.35 Å². The lowest BCUT2D eigenvalue weighted by molar-refractivity contribution is 0.565. The van der Waals surface area contributed by atoms with Gasteiger partial charge >= 0.3 is 0 Å². The fraction of sp³-hybridized carbons (Fsp3) is 0.800. The van der Waals surface area contributed by atoms with Crippen molar-refractivity contribution in [3.05, 3.63) is 17.1 Å². The summed E-state index contributed by atoms with van der Waals surface area (Å²) >= 11 is 0. The molecule has 1 atom stereocenters. The maximum absolute atomic E-state index is 4.33. The molecule has 0 amide bonds. The van der Waals surface area contributed by atoms with E-state index in [1.165, 1.54) is 69.8 Å². The molecule has 0 saturated heterocycles. The highest BCUT2D eigenvalue weighted by Gasteiger charge is 1.99. The van der Waals surface area contributed by atoms with Crippen LogP contribution in [-0.2, 0) is 6.42 Å². The summed E-state index contributed by atoms with van der Waals surface area (Å²) in [6, 6.07) is 0. The average molecular weight is 253 g/mol. The molecule has 1 nitrogen and oxygen atoms in total. The molecule has 1 heterocycles. The first-order valence-corrected chi connectivity index (χ1v) is 8.28. The Kier molecular flexibility index (Phi) is 8.44. The predicted octanol–water partition coefficient (Wildman–Crippen LogP) is 5.49. The molecule has 1 aromatic heterocycles. The first-order chi connectivity index (χ1) is 8.34. The predicted molar refractivity (Wildman–Crippen MR) is 79.4 cm³/mol. The zero-order chi connectivity index (χ0) is 12.3. The van der Waals surface area contributed by atoms with E-state index >= 15 is 0 Å². The largest absolute Gasteiger partial charge is 0.248 e. The first kappa shape index (κ1) is 14.8. The summed E-state index contributed by atoms with van der Waals surface area (Å²) in [4.78, 5) is 0. The average Bonchev–Trinajstić information content (AvgIpc) is 2.73. The minimum absolute atomic E-state index is 0.741. The van der Waals surface area contributed by atoms with Crippen LogP contribution in [0.25, 0.3) is 0 Å². The van der Waals surface area contributed by atoms with Gasteiger partial charge in [-0.25, -0.2) is 4.75 Å². The van der Waals surface area contributed by atoms with Crippen molar-refractivity contribution < 1.29 is 0 Å². The van der Waals surface area contributed by atoms with Gasteiger partial charge in [-0.05, 0) is 39.0 Å². The Morgan fingerprint density at radius 1 is 0.941 bits per heavy atom. The van der Waals surface area contributed by atoms with Crippen LogP contribution in [0.4, 0.5) is 0 Å². The van der Waals surface area contributed by atoms with Gasteiger partial charge in [0.2, 0.25) is 0 Å². The zero-order valence-corrected chi connectivity index (χ0v) is 12.6. The molecule has 17 heavy (non-hydrogen) atoms.